The van der Waals surface area contributed by atoms with Crippen molar-refractivity contribution < 1.29 is 0 Å². The standard InChI is InChI=1S/C59H54N2.C2H6/c1-3-4-39-60(40-38-54-42(2)12-10-17-55(54)47-24-25-47)50-34-36-53(37-35-50)61(51-30-26-46(27-31-51)45-22-20-44(21-23-45)43-13-6-5-7-14-43)52-32-28-48(29-33-52)56-18-11-19-58-57-16-9-8-15-49(57)41-59(56)58;1-2/h3-11,13-23,26-28,30-37,39,42,47-48H,1,12,24-25,29,38,40-41H2,2H3;1-2H3/b39-4-;. The molecule has 2 heteroatoms. The van der Waals surface area contributed by atoms with Crippen LogP contribution in [0.3, 0.4) is 0 Å². The van der Waals surface area contributed by atoms with Crippen molar-refractivity contribution in [1.82, 2.24) is 0 Å². The molecule has 0 spiro atoms. The number of rotatable bonds is 13. The van der Waals surface area contributed by atoms with Crippen molar-refractivity contribution in [1.29, 1.82) is 0 Å². The van der Waals surface area contributed by atoms with Crippen LogP contribution in [0.2, 0.25) is 0 Å². The Morgan fingerprint density at radius 3 is 1.92 bits per heavy atom. The monoisotopic (exact) mass is 820 g/mol. The molecule has 63 heavy (non-hydrogen) atoms. The van der Waals surface area contributed by atoms with Crippen molar-refractivity contribution >= 4 is 17.1 Å². The van der Waals surface area contributed by atoms with Crippen LogP contribution in [0.4, 0.5) is 17.1 Å². The van der Waals surface area contributed by atoms with Crippen molar-refractivity contribution in [3.05, 3.63) is 234 Å². The van der Waals surface area contributed by atoms with Crippen molar-refractivity contribution in [2.24, 2.45) is 11.8 Å². The summed E-state index contributed by atoms with van der Waals surface area (Å²) in [4.78, 5) is 4.83. The van der Waals surface area contributed by atoms with E-state index in [2.05, 4.69) is 212 Å². The van der Waals surface area contributed by atoms with Gasteiger partial charge in [0.25, 0.3) is 0 Å². The average Bonchev–Trinajstić information content (AvgIpc) is 4.13. The summed E-state index contributed by atoms with van der Waals surface area (Å²) in [7, 11) is 0. The van der Waals surface area contributed by atoms with Crippen molar-refractivity contribution in [2.75, 3.05) is 16.3 Å². The van der Waals surface area contributed by atoms with Crippen LogP contribution < -0.4 is 9.80 Å². The quantitative estimate of drug-likeness (QED) is 0.107. The predicted molar refractivity (Wildman–Crippen MR) is 270 cm³/mol. The molecule has 0 amide bonds. The van der Waals surface area contributed by atoms with Crippen LogP contribution in [0, 0.1) is 11.8 Å². The number of fused-ring (bicyclic) bond motifs is 3. The van der Waals surface area contributed by atoms with Gasteiger partial charge >= 0.3 is 0 Å². The second-order valence-corrected chi connectivity index (χ2v) is 17.2. The van der Waals surface area contributed by atoms with E-state index in [4.69, 9.17) is 0 Å². The largest absolute Gasteiger partial charge is 0.348 e. The topological polar surface area (TPSA) is 6.48 Å². The minimum Gasteiger partial charge on any atom is -0.348 e. The van der Waals surface area contributed by atoms with E-state index >= 15 is 0 Å². The molecular weight excluding hydrogens is 761 g/mol. The summed E-state index contributed by atoms with van der Waals surface area (Å²) in [5, 5.41) is 0. The molecule has 0 aromatic heterocycles. The third-order valence-electron chi connectivity index (χ3n) is 13.3. The van der Waals surface area contributed by atoms with E-state index in [1.54, 1.807) is 11.1 Å². The molecule has 2 atom stereocenters. The van der Waals surface area contributed by atoms with Crippen LogP contribution in [0.5, 0.6) is 0 Å². The van der Waals surface area contributed by atoms with Crippen molar-refractivity contribution in [2.45, 2.75) is 65.2 Å². The molecule has 1 fully saturated rings. The second kappa shape index (κ2) is 19.2. The second-order valence-electron chi connectivity index (χ2n) is 17.2. The Morgan fingerprint density at radius 2 is 1.25 bits per heavy atom. The van der Waals surface area contributed by atoms with Gasteiger partial charge in [-0.25, -0.2) is 0 Å². The molecule has 2 nitrogen and oxygen atoms in total. The number of benzene rings is 6. The zero-order chi connectivity index (χ0) is 43.1. The minimum absolute atomic E-state index is 0.335. The summed E-state index contributed by atoms with van der Waals surface area (Å²) >= 11 is 0. The van der Waals surface area contributed by atoms with Crippen molar-refractivity contribution in [3.63, 3.8) is 0 Å². The van der Waals surface area contributed by atoms with Gasteiger partial charge in [-0.3, -0.25) is 0 Å². The van der Waals surface area contributed by atoms with Gasteiger partial charge in [-0.1, -0.05) is 172 Å². The molecule has 0 saturated heterocycles. The lowest BCUT2D eigenvalue weighted by Crippen LogP contribution is -2.21. The Balaban J connectivity index is 0.00000249. The van der Waals surface area contributed by atoms with Gasteiger partial charge in [0.2, 0.25) is 0 Å². The number of nitrogens with zero attached hydrogens (tertiary/aromatic N) is 2. The maximum atomic E-state index is 4.00. The normalized spacial score (nSPS) is 17.4. The minimum atomic E-state index is 0.335. The first-order chi connectivity index (χ1) is 31.1. The highest BCUT2D eigenvalue weighted by Crippen LogP contribution is 2.45. The van der Waals surface area contributed by atoms with Gasteiger partial charge in [-0.05, 0) is 155 Å². The van der Waals surface area contributed by atoms with Crippen molar-refractivity contribution in [3.8, 4) is 33.4 Å². The van der Waals surface area contributed by atoms with Gasteiger partial charge in [-0.2, -0.15) is 0 Å². The van der Waals surface area contributed by atoms with Crippen LogP contribution in [-0.4, -0.2) is 6.54 Å². The summed E-state index contributed by atoms with van der Waals surface area (Å²) < 4.78 is 0. The number of hydrogen-bond acceptors (Lipinski definition) is 2. The summed E-state index contributed by atoms with van der Waals surface area (Å²) in [5.74, 6) is 1.72. The third kappa shape index (κ3) is 9.00. The van der Waals surface area contributed by atoms with Gasteiger partial charge in [-0.15, -0.1) is 0 Å². The molecule has 4 aliphatic carbocycles. The zero-order valence-corrected chi connectivity index (χ0v) is 37.3. The Hall–Kier alpha value is -6.64. The van der Waals surface area contributed by atoms with Gasteiger partial charge in [0, 0.05) is 41.4 Å². The van der Waals surface area contributed by atoms with E-state index in [1.807, 2.05) is 19.9 Å². The lowest BCUT2D eigenvalue weighted by Gasteiger charge is -2.30. The van der Waals surface area contributed by atoms with Crippen LogP contribution >= 0.6 is 0 Å². The molecule has 2 unspecified atom stereocenters. The van der Waals surface area contributed by atoms with Crippen LogP contribution in [0.15, 0.2) is 218 Å². The molecule has 0 bridgehead atoms. The summed E-state index contributed by atoms with van der Waals surface area (Å²) in [6.07, 6.45) is 25.0. The molecule has 10 rings (SSSR count). The average molecular weight is 821 g/mol. The Morgan fingerprint density at radius 1 is 0.635 bits per heavy atom. The molecule has 4 aliphatic rings. The molecule has 0 heterocycles. The molecule has 6 aromatic rings. The maximum Gasteiger partial charge on any atom is 0.0462 e. The SMILES string of the molecule is C=C/C=C\N(CCC1=C(C2CC2)C=CCC1C)c1ccc(N(C2=CCC(c3cccc4c3Cc3ccccc3-4)C=C2)c2ccc(-c3ccc(-c4ccccc4)cc3)cc2)cc1.CC. The van der Waals surface area contributed by atoms with E-state index in [0.717, 1.165) is 49.5 Å². The molecule has 314 valence electrons. The van der Waals surface area contributed by atoms with E-state index in [1.165, 1.54) is 74.3 Å². The van der Waals surface area contributed by atoms with Crippen LogP contribution in [-0.2, 0) is 6.42 Å². The van der Waals surface area contributed by atoms with Gasteiger partial charge in [0.1, 0.15) is 0 Å². The van der Waals surface area contributed by atoms with Gasteiger partial charge < -0.3 is 9.80 Å². The first kappa shape index (κ1) is 41.7. The summed E-state index contributed by atoms with van der Waals surface area (Å²) in [6.45, 7) is 11.3. The smallest absolute Gasteiger partial charge is 0.0462 e. The zero-order valence-electron chi connectivity index (χ0n) is 37.3. The third-order valence-corrected chi connectivity index (χ3v) is 13.3. The summed E-state index contributed by atoms with van der Waals surface area (Å²) in [6, 6.07) is 53.6. The summed E-state index contributed by atoms with van der Waals surface area (Å²) in [5.41, 5.74) is 20.0. The maximum absolute atomic E-state index is 4.00. The highest BCUT2D eigenvalue weighted by Gasteiger charge is 2.30. The van der Waals surface area contributed by atoms with Gasteiger partial charge in [0.05, 0.1) is 0 Å². The lowest BCUT2D eigenvalue weighted by atomic mass is 9.84. The molecule has 1 saturated carbocycles. The van der Waals surface area contributed by atoms with E-state index in [-0.39, 0.29) is 0 Å². The Kier molecular flexibility index (Phi) is 12.7. The van der Waals surface area contributed by atoms with Crippen LogP contribution in [0.25, 0.3) is 33.4 Å². The number of hydrogen-bond donors (Lipinski definition) is 0. The van der Waals surface area contributed by atoms with E-state index < -0.39 is 0 Å². The van der Waals surface area contributed by atoms with Gasteiger partial charge in [0.15, 0.2) is 0 Å². The first-order valence-corrected chi connectivity index (χ1v) is 23.3. The molecule has 0 aliphatic heterocycles. The highest BCUT2D eigenvalue weighted by molar-refractivity contribution is 5.79. The number of anilines is 3. The fraction of sp³-hybridized carbons (Fsp3) is 0.213. The molecule has 0 N–H and O–H groups in total. The van der Waals surface area contributed by atoms with E-state index in [9.17, 15) is 0 Å². The number of allylic oxidation sites excluding steroid dienone is 8. The first-order valence-electron chi connectivity index (χ1n) is 23.3. The molecule has 0 radical (unpaired) electrons. The predicted octanol–water partition coefficient (Wildman–Crippen LogP) is 16.6. The van der Waals surface area contributed by atoms with Crippen LogP contribution in [0.1, 0.15) is 75.5 Å². The fourth-order valence-electron chi connectivity index (χ4n) is 9.88. The molecule has 6 aromatic carbocycles. The Bertz CT molecular complexity index is 2690. The Labute approximate surface area is 376 Å². The fourth-order valence-corrected chi connectivity index (χ4v) is 9.88. The van der Waals surface area contributed by atoms with E-state index in [0.29, 0.717) is 11.8 Å². The highest BCUT2D eigenvalue weighted by atomic mass is 15.2. The lowest BCUT2D eigenvalue weighted by molar-refractivity contribution is 0.628. The molecular formula is C61H60N2.